The third-order valence-corrected chi connectivity index (χ3v) is 2.88. The number of fused-ring (bicyclic) bond motifs is 1. The fourth-order valence-electron chi connectivity index (χ4n) is 1.27. The zero-order chi connectivity index (χ0) is 9.10. The van der Waals surface area contributed by atoms with E-state index in [1.54, 1.807) is 24.7 Å². The summed E-state index contributed by atoms with van der Waals surface area (Å²) in [5.41, 5.74) is 1.22. The topological polar surface area (TPSA) is 9.23 Å². The number of benzene rings is 1. The Morgan fingerprint density at radius 2 is 2.15 bits per heavy atom. The molecule has 2 aromatic rings. The molecule has 0 aliphatic heterocycles. The van der Waals surface area contributed by atoms with Crippen molar-refractivity contribution in [3.63, 3.8) is 0 Å². The van der Waals surface area contributed by atoms with Crippen molar-refractivity contribution < 1.29 is 4.74 Å². The van der Waals surface area contributed by atoms with Crippen molar-refractivity contribution in [2.75, 3.05) is 7.11 Å². The molecule has 2 heteroatoms. The molecule has 0 bridgehead atoms. The van der Waals surface area contributed by atoms with Crippen LogP contribution in [0.1, 0.15) is 5.56 Å². The van der Waals surface area contributed by atoms with Gasteiger partial charge in [-0.05, 0) is 28.5 Å². The van der Waals surface area contributed by atoms with E-state index in [0.29, 0.717) is 0 Å². The lowest BCUT2D eigenvalue weighted by Gasteiger charge is -1.90. The van der Waals surface area contributed by atoms with Crippen LogP contribution in [-0.4, -0.2) is 7.11 Å². The van der Waals surface area contributed by atoms with Crippen LogP contribution in [0.15, 0.2) is 35.9 Å². The summed E-state index contributed by atoms with van der Waals surface area (Å²) in [5, 5.41) is 3.43. The lowest BCUT2D eigenvalue weighted by molar-refractivity contribution is 0.341. The van der Waals surface area contributed by atoms with Crippen LogP contribution in [0.25, 0.3) is 16.2 Å². The first-order valence-electron chi connectivity index (χ1n) is 4.07. The molecule has 1 nitrogen and oxygen atoms in total. The summed E-state index contributed by atoms with van der Waals surface area (Å²) >= 11 is 1.76. The van der Waals surface area contributed by atoms with Gasteiger partial charge in [0.05, 0.1) is 13.4 Å². The van der Waals surface area contributed by atoms with E-state index in [9.17, 15) is 0 Å². The molecule has 0 saturated heterocycles. The Kier molecular flexibility index (Phi) is 2.32. The molecule has 1 aromatic heterocycles. The minimum atomic E-state index is 1.22. The second-order valence-corrected chi connectivity index (χ2v) is 3.64. The minimum Gasteiger partial charge on any atom is -0.504 e. The molecule has 0 atom stereocenters. The van der Waals surface area contributed by atoms with Crippen LogP contribution in [0, 0.1) is 0 Å². The molecule has 0 amide bonds. The Bertz CT molecular complexity index is 428. The highest BCUT2D eigenvalue weighted by atomic mass is 32.1. The first-order valence-corrected chi connectivity index (χ1v) is 4.95. The van der Waals surface area contributed by atoms with E-state index in [1.807, 2.05) is 6.08 Å². The van der Waals surface area contributed by atoms with Crippen molar-refractivity contribution in [3.8, 4) is 0 Å². The Hall–Kier alpha value is -1.28. The SMILES string of the molecule is CO/C=C/c1csc2ccccc12. The van der Waals surface area contributed by atoms with Gasteiger partial charge in [0, 0.05) is 4.70 Å². The standard InChI is InChI=1S/C11H10OS/c1-12-7-6-9-8-13-11-5-3-2-4-10(9)11/h2-8H,1H3/b7-6+. The average molecular weight is 190 g/mol. The van der Waals surface area contributed by atoms with Crippen molar-refractivity contribution >= 4 is 27.5 Å². The van der Waals surface area contributed by atoms with Gasteiger partial charge in [-0.1, -0.05) is 18.2 Å². The van der Waals surface area contributed by atoms with E-state index in [-0.39, 0.29) is 0 Å². The molecule has 0 spiro atoms. The van der Waals surface area contributed by atoms with E-state index < -0.39 is 0 Å². The normalized spacial score (nSPS) is 11.2. The van der Waals surface area contributed by atoms with E-state index >= 15 is 0 Å². The highest BCUT2D eigenvalue weighted by Crippen LogP contribution is 2.26. The van der Waals surface area contributed by atoms with Crippen molar-refractivity contribution in [2.45, 2.75) is 0 Å². The van der Waals surface area contributed by atoms with Gasteiger partial charge in [0.25, 0.3) is 0 Å². The highest BCUT2D eigenvalue weighted by molar-refractivity contribution is 7.17. The van der Waals surface area contributed by atoms with Gasteiger partial charge in [-0.2, -0.15) is 0 Å². The summed E-state index contributed by atoms with van der Waals surface area (Å²) < 4.78 is 6.21. The van der Waals surface area contributed by atoms with Crippen molar-refractivity contribution in [2.24, 2.45) is 0 Å². The van der Waals surface area contributed by atoms with E-state index in [4.69, 9.17) is 4.74 Å². The predicted molar refractivity (Wildman–Crippen MR) is 57.9 cm³/mol. The van der Waals surface area contributed by atoms with Gasteiger partial charge < -0.3 is 4.74 Å². The average Bonchev–Trinajstić information content (AvgIpc) is 2.58. The van der Waals surface area contributed by atoms with Crippen LogP contribution >= 0.6 is 11.3 Å². The zero-order valence-corrected chi connectivity index (χ0v) is 8.17. The molecule has 1 heterocycles. The number of hydrogen-bond acceptors (Lipinski definition) is 2. The quantitative estimate of drug-likeness (QED) is 0.658. The second-order valence-electron chi connectivity index (χ2n) is 2.73. The molecule has 0 radical (unpaired) electrons. The molecule has 2 rings (SSSR count). The Morgan fingerprint density at radius 3 is 3.00 bits per heavy atom. The Morgan fingerprint density at radius 1 is 1.31 bits per heavy atom. The van der Waals surface area contributed by atoms with Crippen molar-refractivity contribution in [3.05, 3.63) is 41.5 Å². The summed E-state index contributed by atoms with van der Waals surface area (Å²) in [7, 11) is 1.66. The maximum atomic E-state index is 4.89. The van der Waals surface area contributed by atoms with Gasteiger partial charge in [-0.15, -0.1) is 11.3 Å². The third kappa shape index (κ3) is 1.58. The molecular weight excluding hydrogens is 180 g/mol. The van der Waals surface area contributed by atoms with E-state index in [0.717, 1.165) is 0 Å². The molecule has 0 unspecified atom stereocenters. The first kappa shape index (κ1) is 8.32. The fourth-order valence-corrected chi connectivity index (χ4v) is 2.20. The number of rotatable bonds is 2. The lowest BCUT2D eigenvalue weighted by atomic mass is 10.2. The smallest absolute Gasteiger partial charge is 0.0831 e. The summed E-state index contributed by atoms with van der Waals surface area (Å²) in [4.78, 5) is 0. The van der Waals surface area contributed by atoms with Gasteiger partial charge in [0.1, 0.15) is 0 Å². The zero-order valence-electron chi connectivity index (χ0n) is 7.36. The van der Waals surface area contributed by atoms with Crippen molar-refractivity contribution in [1.29, 1.82) is 0 Å². The van der Waals surface area contributed by atoms with Crippen LogP contribution in [-0.2, 0) is 4.74 Å². The van der Waals surface area contributed by atoms with Crippen LogP contribution < -0.4 is 0 Å². The minimum absolute atomic E-state index is 1.22. The van der Waals surface area contributed by atoms with Crippen LogP contribution in [0.2, 0.25) is 0 Å². The Labute approximate surface area is 81.3 Å². The molecule has 1 aromatic carbocycles. The maximum Gasteiger partial charge on any atom is 0.0831 e. The van der Waals surface area contributed by atoms with E-state index in [2.05, 4.69) is 29.6 Å². The predicted octanol–water partition coefficient (Wildman–Crippen LogP) is 3.52. The molecule has 66 valence electrons. The van der Waals surface area contributed by atoms with Gasteiger partial charge in [-0.25, -0.2) is 0 Å². The number of methoxy groups -OCH3 is 1. The largest absolute Gasteiger partial charge is 0.504 e. The summed E-state index contributed by atoms with van der Waals surface area (Å²) in [6.07, 6.45) is 3.69. The first-order chi connectivity index (χ1) is 6.42. The Balaban J connectivity index is 2.52. The van der Waals surface area contributed by atoms with Gasteiger partial charge in [-0.3, -0.25) is 0 Å². The lowest BCUT2D eigenvalue weighted by Crippen LogP contribution is -1.68. The summed E-state index contributed by atoms with van der Waals surface area (Å²) in [5.74, 6) is 0. The maximum absolute atomic E-state index is 4.89. The monoisotopic (exact) mass is 190 g/mol. The number of thiophene rings is 1. The molecule has 0 fully saturated rings. The van der Waals surface area contributed by atoms with E-state index in [1.165, 1.54) is 15.6 Å². The van der Waals surface area contributed by atoms with Gasteiger partial charge in [0.2, 0.25) is 0 Å². The summed E-state index contributed by atoms with van der Waals surface area (Å²) in [6, 6.07) is 8.37. The van der Waals surface area contributed by atoms with Crippen LogP contribution in [0.4, 0.5) is 0 Å². The van der Waals surface area contributed by atoms with Crippen LogP contribution in [0.3, 0.4) is 0 Å². The van der Waals surface area contributed by atoms with Crippen LogP contribution in [0.5, 0.6) is 0 Å². The second kappa shape index (κ2) is 3.62. The molecule has 0 aliphatic rings. The molecule has 0 N–H and O–H groups in total. The molecular formula is C11H10OS. The highest BCUT2D eigenvalue weighted by Gasteiger charge is 1.98. The number of ether oxygens (including phenoxy) is 1. The number of hydrogen-bond donors (Lipinski definition) is 0. The van der Waals surface area contributed by atoms with Gasteiger partial charge in [0.15, 0.2) is 0 Å². The van der Waals surface area contributed by atoms with Crippen molar-refractivity contribution in [1.82, 2.24) is 0 Å². The van der Waals surface area contributed by atoms with Gasteiger partial charge >= 0.3 is 0 Å². The molecule has 13 heavy (non-hydrogen) atoms. The molecule has 0 saturated carbocycles. The third-order valence-electron chi connectivity index (χ3n) is 1.89. The molecule has 0 aliphatic carbocycles. The summed E-state index contributed by atoms with van der Waals surface area (Å²) in [6.45, 7) is 0. The fraction of sp³-hybridized carbons (Fsp3) is 0.0909.